The lowest BCUT2D eigenvalue weighted by molar-refractivity contribution is 0.102. The van der Waals surface area contributed by atoms with Crippen LogP contribution in [0.15, 0.2) is 60.8 Å². The van der Waals surface area contributed by atoms with Gasteiger partial charge < -0.3 is 19.5 Å². The van der Waals surface area contributed by atoms with Crippen molar-refractivity contribution in [3.05, 3.63) is 66.4 Å². The number of benzene rings is 2. The van der Waals surface area contributed by atoms with Gasteiger partial charge in [-0.1, -0.05) is 12.1 Å². The maximum atomic E-state index is 12.7. The average molecular weight is 404 g/mol. The summed E-state index contributed by atoms with van der Waals surface area (Å²) in [6.07, 6.45) is 1.71. The molecule has 0 saturated heterocycles. The minimum atomic E-state index is -0.277. The molecule has 30 heavy (non-hydrogen) atoms. The van der Waals surface area contributed by atoms with Crippen molar-refractivity contribution in [1.82, 2.24) is 14.6 Å². The lowest BCUT2D eigenvalue weighted by atomic mass is 10.2. The Balaban J connectivity index is 1.60. The fourth-order valence-electron chi connectivity index (χ4n) is 3.08. The number of nitrogens with one attached hydrogen (secondary N) is 1. The summed E-state index contributed by atoms with van der Waals surface area (Å²) in [4.78, 5) is 17.2. The van der Waals surface area contributed by atoms with Gasteiger partial charge in [0.25, 0.3) is 5.91 Å². The molecule has 0 aliphatic rings. The van der Waals surface area contributed by atoms with Crippen LogP contribution >= 0.6 is 0 Å². The second-order valence-corrected chi connectivity index (χ2v) is 6.38. The van der Waals surface area contributed by atoms with Gasteiger partial charge >= 0.3 is 0 Å². The molecule has 1 amide bonds. The molecule has 4 aromatic rings. The van der Waals surface area contributed by atoms with Gasteiger partial charge in [-0.2, -0.15) is 0 Å². The quantitative estimate of drug-likeness (QED) is 0.528. The molecule has 0 radical (unpaired) electrons. The van der Waals surface area contributed by atoms with Gasteiger partial charge in [0, 0.05) is 5.56 Å². The maximum absolute atomic E-state index is 12.7. The molecule has 0 aliphatic carbocycles. The van der Waals surface area contributed by atoms with E-state index in [9.17, 15) is 4.79 Å². The van der Waals surface area contributed by atoms with Crippen LogP contribution in [0.5, 0.6) is 17.2 Å². The number of methoxy groups -OCH3 is 3. The number of ether oxygens (including phenoxy) is 3. The van der Waals surface area contributed by atoms with Gasteiger partial charge in [0.1, 0.15) is 5.75 Å². The Morgan fingerprint density at radius 1 is 0.900 bits per heavy atom. The van der Waals surface area contributed by atoms with E-state index in [1.54, 1.807) is 55.3 Å². The third kappa shape index (κ3) is 3.62. The summed E-state index contributed by atoms with van der Waals surface area (Å²) >= 11 is 0. The second kappa shape index (κ2) is 8.12. The number of carbonyl (C=O) groups is 1. The van der Waals surface area contributed by atoms with Crippen molar-refractivity contribution in [3.63, 3.8) is 0 Å². The van der Waals surface area contributed by atoms with Crippen LogP contribution in [0.2, 0.25) is 0 Å². The SMILES string of the molecule is COc1ccc(C(=O)Nc2ccc3nc(-c4ccccc4OC)nn3c2)cc1OC. The Morgan fingerprint density at radius 3 is 2.43 bits per heavy atom. The van der Waals surface area contributed by atoms with Gasteiger partial charge in [0.05, 0.1) is 38.8 Å². The molecule has 1 N–H and O–H groups in total. The van der Waals surface area contributed by atoms with E-state index in [4.69, 9.17) is 14.2 Å². The van der Waals surface area contributed by atoms with Gasteiger partial charge in [0.2, 0.25) is 0 Å². The number of nitrogens with zero attached hydrogens (tertiary/aromatic N) is 3. The van der Waals surface area contributed by atoms with Crippen molar-refractivity contribution in [3.8, 4) is 28.6 Å². The molecule has 8 heteroatoms. The van der Waals surface area contributed by atoms with Crippen molar-refractivity contribution in [2.75, 3.05) is 26.6 Å². The number of anilines is 1. The van der Waals surface area contributed by atoms with E-state index in [2.05, 4.69) is 15.4 Å². The lowest BCUT2D eigenvalue weighted by Gasteiger charge is -2.10. The summed E-state index contributed by atoms with van der Waals surface area (Å²) < 4.78 is 17.5. The second-order valence-electron chi connectivity index (χ2n) is 6.38. The third-order valence-electron chi connectivity index (χ3n) is 4.58. The first-order valence-electron chi connectivity index (χ1n) is 9.16. The predicted molar refractivity (Wildman–Crippen MR) is 112 cm³/mol. The molecule has 0 atom stereocenters. The highest BCUT2D eigenvalue weighted by Crippen LogP contribution is 2.29. The molecule has 0 unspecified atom stereocenters. The van der Waals surface area contributed by atoms with Crippen LogP contribution in [0.4, 0.5) is 5.69 Å². The van der Waals surface area contributed by atoms with Gasteiger partial charge in [0.15, 0.2) is 23.0 Å². The summed E-state index contributed by atoms with van der Waals surface area (Å²) in [5.41, 5.74) is 2.47. The van der Waals surface area contributed by atoms with Gasteiger partial charge in [-0.15, -0.1) is 5.10 Å². The normalized spacial score (nSPS) is 10.6. The van der Waals surface area contributed by atoms with Crippen LogP contribution in [0.3, 0.4) is 0 Å². The van der Waals surface area contributed by atoms with Crippen LogP contribution < -0.4 is 19.5 Å². The number of fused-ring (bicyclic) bond motifs is 1. The van der Waals surface area contributed by atoms with Gasteiger partial charge in [-0.3, -0.25) is 4.79 Å². The maximum Gasteiger partial charge on any atom is 0.255 e. The number of aromatic nitrogens is 3. The van der Waals surface area contributed by atoms with E-state index in [0.29, 0.717) is 40.0 Å². The van der Waals surface area contributed by atoms with Gasteiger partial charge in [-0.05, 0) is 42.5 Å². The van der Waals surface area contributed by atoms with E-state index >= 15 is 0 Å². The first kappa shape index (κ1) is 19.3. The molecule has 8 nitrogen and oxygen atoms in total. The minimum Gasteiger partial charge on any atom is -0.496 e. The molecular formula is C22H20N4O4. The Kier molecular flexibility index (Phi) is 5.21. The number of para-hydroxylation sites is 1. The molecule has 2 aromatic heterocycles. The fourth-order valence-corrected chi connectivity index (χ4v) is 3.08. The molecule has 0 saturated carbocycles. The third-order valence-corrected chi connectivity index (χ3v) is 4.58. The largest absolute Gasteiger partial charge is 0.496 e. The fraction of sp³-hybridized carbons (Fsp3) is 0.136. The number of hydrogen-bond donors (Lipinski definition) is 1. The summed E-state index contributed by atoms with van der Waals surface area (Å²) in [7, 11) is 4.68. The van der Waals surface area contributed by atoms with Crippen molar-refractivity contribution < 1.29 is 19.0 Å². The number of rotatable bonds is 6. The Morgan fingerprint density at radius 2 is 1.67 bits per heavy atom. The smallest absolute Gasteiger partial charge is 0.255 e. The molecule has 152 valence electrons. The van der Waals surface area contributed by atoms with E-state index in [1.807, 2.05) is 24.3 Å². The highest BCUT2D eigenvalue weighted by Gasteiger charge is 2.14. The van der Waals surface area contributed by atoms with Crippen molar-refractivity contribution in [1.29, 1.82) is 0 Å². The van der Waals surface area contributed by atoms with Crippen molar-refractivity contribution in [2.24, 2.45) is 0 Å². The predicted octanol–water partition coefficient (Wildman–Crippen LogP) is 3.67. The molecule has 2 heterocycles. The number of carbonyl (C=O) groups excluding carboxylic acids is 1. The van der Waals surface area contributed by atoms with Crippen LogP contribution in [-0.2, 0) is 0 Å². The minimum absolute atomic E-state index is 0.277. The van der Waals surface area contributed by atoms with E-state index in [0.717, 1.165) is 5.56 Å². The van der Waals surface area contributed by atoms with Crippen molar-refractivity contribution >= 4 is 17.2 Å². The first-order chi connectivity index (χ1) is 14.6. The summed E-state index contributed by atoms with van der Waals surface area (Å²) in [6.45, 7) is 0. The number of amides is 1. The first-order valence-corrected chi connectivity index (χ1v) is 9.16. The van der Waals surface area contributed by atoms with E-state index in [-0.39, 0.29) is 5.91 Å². The molecular weight excluding hydrogens is 384 g/mol. The van der Waals surface area contributed by atoms with Gasteiger partial charge in [-0.25, -0.2) is 9.50 Å². The molecule has 0 bridgehead atoms. The molecule has 4 rings (SSSR count). The van der Waals surface area contributed by atoms with Crippen molar-refractivity contribution in [2.45, 2.75) is 0 Å². The number of pyridine rings is 1. The summed E-state index contributed by atoms with van der Waals surface area (Å²) in [5, 5.41) is 7.38. The average Bonchev–Trinajstić information content (AvgIpc) is 3.21. The zero-order valence-electron chi connectivity index (χ0n) is 16.7. The zero-order valence-corrected chi connectivity index (χ0v) is 16.7. The van der Waals surface area contributed by atoms with Crippen LogP contribution in [0, 0.1) is 0 Å². The zero-order chi connectivity index (χ0) is 21.1. The Hall–Kier alpha value is -4.07. The van der Waals surface area contributed by atoms with E-state index < -0.39 is 0 Å². The highest BCUT2D eigenvalue weighted by atomic mass is 16.5. The Labute approximate surface area is 173 Å². The molecule has 2 aromatic carbocycles. The summed E-state index contributed by atoms with van der Waals surface area (Å²) in [5.74, 6) is 1.99. The van der Waals surface area contributed by atoms with Crippen LogP contribution in [-0.4, -0.2) is 41.8 Å². The molecule has 0 spiro atoms. The molecule has 0 fully saturated rings. The molecule has 0 aliphatic heterocycles. The topological polar surface area (TPSA) is 87.0 Å². The van der Waals surface area contributed by atoms with Crippen LogP contribution in [0.25, 0.3) is 17.0 Å². The highest BCUT2D eigenvalue weighted by molar-refractivity contribution is 6.04. The van der Waals surface area contributed by atoms with E-state index in [1.165, 1.54) is 7.11 Å². The number of hydrogen-bond acceptors (Lipinski definition) is 6. The standard InChI is InChI=1S/C22H20N4O4/c1-28-17-7-5-4-6-16(17)21-24-20-11-9-15(13-26(20)25-21)23-22(27)14-8-10-18(29-2)19(12-14)30-3/h4-13H,1-3H3,(H,23,27). The lowest BCUT2D eigenvalue weighted by Crippen LogP contribution is -2.12. The summed E-state index contributed by atoms with van der Waals surface area (Å²) in [6, 6.07) is 16.1. The monoisotopic (exact) mass is 404 g/mol. The van der Waals surface area contributed by atoms with Crippen LogP contribution in [0.1, 0.15) is 10.4 Å². The Bertz CT molecular complexity index is 1220.